The number of benzene rings is 2. The van der Waals surface area contributed by atoms with Crippen LogP contribution in [0.3, 0.4) is 0 Å². The van der Waals surface area contributed by atoms with Crippen molar-refractivity contribution < 1.29 is 19.1 Å². The van der Waals surface area contributed by atoms with Crippen molar-refractivity contribution >= 4 is 40.7 Å². The van der Waals surface area contributed by atoms with Crippen molar-refractivity contribution in [2.75, 3.05) is 23.8 Å². The number of nitrogens with one attached hydrogen (secondary N) is 4. The molecule has 3 rings (SSSR count). The van der Waals surface area contributed by atoms with Gasteiger partial charge in [0.25, 0.3) is 17.7 Å². The molecule has 0 unspecified atom stereocenters. The predicted molar refractivity (Wildman–Crippen MR) is 122 cm³/mol. The first-order chi connectivity index (χ1) is 15.4. The van der Waals surface area contributed by atoms with Crippen LogP contribution in [0.5, 0.6) is 5.75 Å². The van der Waals surface area contributed by atoms with Gasteiger partial charge in [-0.2, -0.15) is 0 Å². The lowest BCUT2D eigenvalue weighted by atomic mass is 10.2. The van der Waals surface area contributed by atoms with Gasteiger partial charge in [-0.25, -0.2) is 4.98 Å². The number of rotatable bonds is 8. The first kappa shape index (κ1) is 22.8. The highest BCUT2D eigenvalue weighted by atomic mass is 35.5. The van der Waals surface area contributed by atoms with Crippen molar-refractivity contribution in [1.82, 2.24) is 15.3 Å². The summed E-state index contributed by atoms with van der Waals surface area (Å²) in [6, 6.07) is 11.3. The summed E-state index contributed by atoms with van der Waals surface area (Å²) in [5, 5.41) is 8.31. The summed E-state index contributed by atoms with van der Waals surface area (Å²) in [6.45, 7) is 4.56. The number of ether oxygens (including phenoxy) is 1. The molecule has 0 saturated heterocycles. The summed E-state index contributed by atoms with van der Waals surface area (Å²) in [5.74, 6) is -0.744. The van der Waals surface area contributed by atoms with E-state index in [0.29, 0.717) is 35.8 Å². The van der Waals surface area contributed by atoms with Crippen LogP contribution in [0.1, 0.15) is 45.2 Å². The van der Waals surface area contributed by atoms with E-state index in [1.54, 1.807) is 49.4 Å². The van der Waals surface area contributed by atoms with Crippen molar-refractivity contribution in [3.8, 4) is 5.75 Å². The Labute approximate surface area is 189 Å². The van der Waals surface area contributed by atoms with E-state index in [9.17, 15) is 14.4 Å². The summed E-state index contributed by atoms with van der Waals surface area (Å²) in [4.78, 5) is 43.6. The highest BCUT2D eigenvalue weighted by Crippen LogP contribution is 2.24. The maximum atomic E-state index is 12.5. The fourth-order valence-corrected chi connectivity index (χ4v) is 3.11. The molecule has 0 bridgehead atoms. The first-order valence-electron chi connectivity index (χ1n) is 9.89. The molecule has 0 saturated carbocycles. The van der Waals surface area contributed by atoms with Gasteiger partial charge in [-0.3, -0.25) is 14.4 Å². The van der Waals surface area contributed by atoms with Crippen molar-refractivity contribution in [2.45, 2.75) is 13.8 Å². The van der Waals surface area contributed by atoms with E-state index < -0.39 is 11.8 Å². The number of imidazole rings is 1. The molecular formula is C22H22ClN5O4. The Morgan fingerprint density at radius 1 is 0.969 bits per heavy atom. The summed E-state index contributed by atoms with van der Waals surface area (Å²) in [6.07, 6.45) is 1.28. The zero-order valence-corrected chi connectivity index (χ0v) is 18.2. The Balaban J connectivity index is 1.64. The van der Waals surface area contributed by atoms with Crippen molar-refractivity contribution in [2.24, 2.45) is 0 Å². The van der Waals surface area contributed by atoms with E-state index in [0.717, 1.165) is 0 Å². The third-order valence-corrected chi connectivity index (χ3v) is 4.63. The number of aromatic amines is 1. The number of aromatic nitrogens is 2. The van der Waals surface area contributed by atoms with Crippen molar-refractivity contribution in [3.05, 3.63) is 70.8 Å². The number of H-pyrrole nitrogens is 1. The smallest absolute Gasteiger partial charge is 0.276 e. The third kappa shape index (κ3) is 5.44. The van der Waals surface area contributed by atoms with Gasteiger partial charge in [0.2, 0.25) is 0 Å². The lowest BCUT2D eigenvalue weighted by molar-refractivity contribution is 0.0937. The molecule has 0 atom stereocenters. The fourth-order valence-electron chi connectivity index (χ4n) is 2.85. The molecule has 9 nitrogen and oxygen atoms in total. The second-order valence-electron chi connectivity index (χ2n) is 6.55. The van der Waals surface area contributed by atoms with Gasteiger partial charge in [-0.05, 0) is 56.3 Å². The molecule has 32 heavy (non-hydrogen) atoms. The van der Waals surface area contributed by atoms with E-state index in [-0.39, 0.29) is 22.3 Å². The predicted octanol–water partition coefficient (Wildman–Crippen LogP) is 3.72. The molecule has 3 aromatic rings. The van der Waals surface area contributed by atoms with Crippen LogP contribution in [0.4, 0.5) is 11.4 Å². The maximum Gasteiger partial charge on any atom is 0.276 e. The lowest BCUT2D eigenvalue weighted by Crippen LogP contribution is -2.26. The molecule has 3 amide bonds. The topological polar surface area (TPSA) is 125 Å². The number of halogens is 1. The minimum Gasteiger partial charge on any atom is -0.494 e. The van der Waals surface area contributed by atoms with Gasteiger partial charge in [0.1, 0.15) is 11.4 Å². The zero-order valence-electron chi connectivity index (χ0n) is 17.5. The van der Waals surface area contributed by atoms with E-state index in [1.807, 2.05) is 6.92 Å². The fraction of sp³-hybridized carbons (Fsp3) is 0.182. The van der Waals surface area contributed by atoms with Crippen molar-refractivity contribution in [3.63, 3.8) is 0 Å². The highest BCUT2D eigenvalue weighted by Gasteiger charge is 2.20. The molecule has 0 aliphatic heterocycles. The number of carbonyl (C=O) groups is 3. The molecule has 0 radical (unpaired) electrons. The van der Waals surface area contributed by atoms with E-state index >= 15 is 0 Å². The Kier molecular flexibility index (Phi) is 7.45. The first-order valence-corrected chi connectivity index (χ1v) is 10.3. The second kappa shape index (κ2) is 10.5. The second-order valence-corrected chi connectivity index (χ2v) is 6.95. The summed E-state index contributed by atoms with van der Waals surface area (Å²) in [7, 11) is 0. The van der Waals surface area contributed by atoms with Crippen LogP contribution in [0.25, 0.3) is 0 Å². The molecular weight excluding hydrogens is 434 g/mol. The summed E-state index contributed by atoms with van der Waals surface area (Å²) < 4.78 is 5.36. The average molecular weight is 456 g/mol. The summed E-state index contributed by atoms with van der Waals surface area (Å²) >= 11 is 6.19. The van der Waals surface area contributed by atoms with Gasteiger partial charge in [0.15, 0.2) is 5.69 Å². The summed E-state index contributed by atoms with van der Waals surface area (Å²) in [5.41, 5.74) is 1.36. The Bertz CT molecular complexity index is 1130. The van der Waals surface area contributed by atoms with Crippen LogP contribution in [0.2, 0.25) is 5.02 Å². The van der Waals surface area contributed by atoms with E-state index in [1.165, 1.54) is 6.33 Å². The number of nitrogens with zero attached hydrogens (tertiary/aromatic N) is 1. The van der Waals surface area contributed by atoms with Gasteiger partial charge in [0.05, 0.1) is 23.5 Å². The SMILES string of the molecule is CCNC(=O)c1[nH]cnc1C(=O)Nc1ccc(NC(=O)c2ccc(OCC)cc2Cl)cc1. The van der Waals surface area contributed by atoms with E-state index in [2.05, 4.69) is 25.9 Å². The molecule has 0 aliphatic rings. The Morgan fingerprint density at radius 2 is 1.62 bits per heavy atom. The molecule has 0 fully saturated rings. The normalized spacial score (nSPS) is 10.3. The largest absolute Gasteiger partial charge is 0.494 e. The minimum atomic E-state index is -0.537. The quantitative estimate of drug-likeness (QED) is 0.412. The number of anilines is 2. The number of carbonyl (C=O) groups excluding carboxylic acids is 3. The Morgan fingerprint density at radius 3 is 2.22 bits per heavy atom. The van der Waals surface area contributed by atoms with Gasteiger partial charge in [0, 0.05) is 17.9 Å². The average Bonchev–Trinajstić information content (AvgIpc) is 3.26. The van der Waals surface area contributed by atoms with Gasteiger partial charge in [-0.15, -0.1) is 0 Å². The van der Waals surface area contributed by atoms with Crippen LogP contribution in [-0.2, 0) is 0 Å². The van der Waals surface area contributed by atoms with Crippen LogP contribution in [0, 0.1) is 0 Å². The van der Waals surface area contributed by atoms with Crippen LogP contribution >= 0.6 is 11.6 Å². The molecule has 2 aromatic carbocycles. The zero-order chi connectivity index (χ0) is 23.1. The van der Waals surface area contributed by atoms with Gasteiger partial charge >= 0.3 is 0 Å². The molecule has 4 N–H and O–H groups in total. The van der Waals surface area contributed by atoms with Crippen molar-refractivity contribution in [1.29, 1.82) is 0 Å². The Hall–Kier alpha value is -3.85. The maximum absolute atomic E-state index is 12.5. The minimum absolute atomic E-state index is 0.0153. The van der Waals surface area contributed by atoms with Gasteiger partial charge in [-0.1, -0.05) is 11.6 Å². The monoisotopic (exact) mass is 455 g/mol. The highest BCUT2D eigenvalue weighted by molar-refractivity contribution is 6.34. The molecule has 0 spiro atoms. The van der Waals surface area contributed by atoms with E-state index in [4.69, 9.17) is 16.3 Å². The molecule has 1 aromatic heterocycles. The molecule has 1 heterocycles. The molecule has 166 valence electrons. The number of hydrogen-bond acceptors (Lipinski definition) is 5. The number of hydrogen-bond donors (Lipinski definition) is 4. The third-order valence-electron chi connectivity index (χ3n) is 4.32. The lowest BCUT2D eigenvalue weighted by Gasteiger charge is -2.10. The van der Waals surface area contributed by atoms with Crippen LogP contribution < -0.4 is 20.7 Å². The molecule has 0 aliphatic carbocycles. The van der Waals surface area contributed by atoms with Gasteiger partial charge < -0.3 is 25.7 Å². The molecule has 10 heteroatoms. The number of amides is 3. The standard InChI is InChI=1S/C22H22ClN5O4/c1-3-24-21(30)18-19(26-12-25-18)22(31)28-14-7-5-13(6-8-14)27-20(29)16-10-9-15(32-4-2)11-17(16)23/h5-12H,3-4H2,1-2H3,(H,24,30)(H,25,26)(H,27,29)(H,28,31). The van der Waals surface area contributed by atoms with Crippen LogP contribution in [0.15, 0.2) is 48.8 Å². The van der Waals surface area contributed by atoms with Crippen LogP contribution in [-0.4, -0.2) is 40.8 Å².